The molecule has 6 heteroatoms. The Hall–Kier alpha value is -2.08. The van der Waals surface area contributed by atoms with E-state index in [1.807, 2.05) is 21.0 Å². The van der Waals surface area contributed by atoms with E-state index in [0.29, 0.717) is 11.3 Å². The summed E-state index contributed by atoms with van der Waals surface area (Å²) in [6.07, 6.45) is 0.859. The number of amides is 2. The van der Waals surface area contributed by atoms with Gasteiger partial charge in [0.1, 0.15) is 0 Å². The molecule has 6 nitrogen and oxygen atoms in total. The number of hydrogen-bond acceptors (Lipinski definition) is 3. The summed E-state index contributed by atoms with van der Waals surface area (Å²) >= 11 is 0. The summed E-state index contributed by atoms with van der Waals surface area (Å²) in [5.41, 5.74) is 1.43. The van der Waals surface area contributed by atoms with Crippen molar-refractivity contribution in [3.05, 3.63) is 29.3 Å². The molecule has 0 fully saturated rings. The molecule has 0 saturated heterocycles. The molecular formula is C15H23N3O3. The lowest BCUT2D eigenvalue weighted by atomic mass is 10.1. The van der Waals surface area contributed by atoms with E-state index < -0.39 is 5.97 Å². The Labute approximate surface area is 125 Å². The third-order valence-corrected chi connectivity index (χ3v) is 3.10. The number of nitrogens with one attached hydrogen (secondary N) is 2. The van der Waals surface area contributed by atoms with Crippen molar-refractivity contribution < 1.29 is 14.7 Å². The molecule has 2 amide bonds. The lowest BCUT2D eigenvalue weighted by Gasteiger charge is -2.17. The molecule has 0 radical (unpaired) electrons. The maximum atomic E-state index is 11.8. The van der Waals surface area contributed by atoms with Crippen LogP contribution >= 0.6 is 0 Å². The van der Waals surface area contributed by atoms with Crippen LogP contribution in [-0.2, 0) is 0 Å². The molecule has 1 aromatic rings. The predicted molar refractivity (Wildman–Crippen MR) is 82.9 cm³/mol. The van der Waals surface area contributed by atoms with Crippen molar-refractivity contribution in [2.75, 3.05) is 26.0 Å². The highest BCUT2D eigenvalue weighted by Gasteiger charge is 2.10. The topological polar surface area (TPSA) is 81.7 Å². The molecule has 0 aromatic heterocycles. The minimum Gasteiger partial charge on any atom is -0.478 e. The highest BCUT2D eigenvalue weighted by Crippen LogP contribution is 2.15. The molecular weight excluding hydrogens is 270 g/mol. The first-order chi connectivity index (χ1) is 9.79. The van der Waals surface area contributed by atoms with E-state index in [0.717, 1.165) is 13.0 Å². The smallest absolute Gasteiger partial charge is 0.335 e. The van der Waals surface area contributed by atoms with Gasteiger partial charge in [-0.05, 0) is 64.7 Å². The SMILES string of the molecule is Cc1cc(NC(=O)NC(C)CCN(C)C)ccc1C(=O)O. The minimum absolute atomic E-state index is 0.0618. The van der Waals surface area contributed by atoms with Crippen molar-refractivity contribution in [3.8, 4) is 0 Å². The van der Waals surface area contributed by atoms with Gasteiger partial charge in [-0.2, -0.15) is 0 Å². The number of carbonyl (C=O) groups excluding carboxylic acids is 1. The summed E-state index contributed by atoms with van der Waals surface area (Å²) in [5.74, 6) is -0.971. The number of urea groups is 1. The lowest BCUT2D eigenvalue weighted by molar-refractivity contribution is 0.0696. The number of nitrogens with zero attached hydrogens (tertiary/aromatic N) is 1. The van der Waals surface area contributed by atoms with E-state index in [-0.39, 0.29) is 17.6 Å². The standard InChI is InChI=1S/C15H23N3O3/c1-10-9-12(5-6-13(10)14(19)20)17-15(21)16-11(2)7-8-18(3)4/h5-6,9,11H,7-8H2,1-4H3,(H,19,20)(H2,16,17,21). The van der Waals surface area contributed by atoms with Gasteiger partial charge in [0, 0.05) is 11.7 Å². The van der Waals surface area contributed by atoms with Crippen LogP contribution < -0.4 is 10.6 Å². The molecule has 3 N–H and O–H groups in total. The van der Waals surface area contributed by atoms with Crippen molar-refractivity contribution in [2.45, 2.75) is 26.3 Å². The molecule has 1 rings (SSSR count). The van der Waals surface area contributed by atoms with Gasteiger partial charge in [0.15, 0.2) is 0 Å². The predicted octanol–water partition coefficient (Wildman–Crippen LogP) is 2.15. The number of carbonyl (C=O) groups is 2. The molecule has 1 atom stereocenters. The molecule has 0 spiro atoms. The average molecular weight is 293 g/mol. The van der Waals surface area contributed by atoms with Crippen molar-refractivity contribution in [1.82, 2.24) is 10.2 Å². The second-order valence-corrected chi connectivity index (χ2v) is 5.43. The zero-order valence-electron chi connectivity index (χ0n) is 12.9. The van der Waals surface area contributed by atoms with Crippen molar-refractivity contribution in [2.24, 2.45) is 0 Å². The van der Waals surface area contributed by atoms with Crippen molar-refractivity contribution in [1.29, 1.82) is 0 Å². The van der Waals surface area contributed by atoms with E-state index in [1.54, 1.807) is 19.1 Å². The number of aryl methyl sites for hydroxylation is 1. The average Bonchev–Trinajstić information content (AvgIpc) is 2.35. The van der Waals surface area contributed by atoms with Gasteiger partial charge in [0.25, 0.3) is 0 Å². The molecule has 0 aliphatic rings. The van der Waals surface area contributed by atoms with Crippen LogP contribution in [0, 0.1) is 6.92 Å². The molecule has 1 unspecified atom stereocenters. The molecule has 116 valence electrons. The van der Waals surface area contributed by atoms with Gasteiger partial charge >= 0.3 is 12.0 Å². The van der Waals surface area contributed by atoms with Crippen LogP contribution in [0.25, 0.3) is 0 Å². The molecule has 1 aromatic carbocycles. The van der Waals surface area contributed by atoms with E-state index in [9.17, 15) is 9.59 Å². The normalized spacial score (nSPS) is 12.0. The molecule has 0 bridgehead atoms. The Morgan fingerprint density at radius 1 is 1.33 bits per heavy atom. The Bertz CT molecular complexity index is 515. The van der Waals surface area contributed by atoms with Crippen LogP contribution in [0.2, 0.25) is 0 Å². The molecule has 0 aliphatic heterocycles. The Kier molecular flexibility index (Phi) is 6.17. The van der Waals surface area contributed by atoms with Crippen molar-refractivity contribution >= 4 is 17.7 Å². The molecule has 21 heavy (non-hydrogen) atoms. The van der Waals surface area contributed by atoms with Gasteiger partial charge in [-0.1, -0.05) is 0 Å². The minimum atomic E-state index is -0.971. The zero-order valence-corrected chi connectivity index (χ0v) is 12.9. The van der Waals surface area contributed by atoms with Crippen LogP contribution in [0.4, 0.5) is 10.5 Å². The first-order valence-corrected chi connectivity index (χ1v) is 6.85. The third-order valence-electron chi connectivity index (χ3n) is 3.10. The van der Waals surface area contributed by atoms with Gasteiger partial charge in [0.2, 0.25) is 0 Å². The highest BCUT2D eigenvalue weighted by atomic mass is 16.4. The Morgan fingerprint density at radius 3 is 2.52 bits per heavy atom. The third kappa shape index (κ3) is 5.83. The fourth-order valence-electron chi connectivity index (χ4n) is 1.90. The lowest BCUT2D eigenvalue weighted by Crippen LogP contribution is -2.37. The van der Waals surface area contributed by atoms with Crippen molar-refractivity contribution in [3.63, 3.8) is 0 Å². The first kappa shape index (κ1) is 17.0. The maximum absolute atomic E-state index is 11.8. The summed E-state index contributed by atoms with van der Waals surface area (Å²) in [7, 11) is 3.97. The summed E-state index contributed by atoms with van der Waals surface area (Å²) in [4.78, 5) is 24.8. The Balaban J connectivity index is 2.55. The van der Waals surface area contributed by atoms with Crippen LogP contribution in [0.3, 0.4) is 0 Å². The van der Waals surface area contributed by atoms with Gasteiger partial charge in [0.05, 0.1) is 5.56 Å². The van der Waals surface area contributed by atoms with Gasteiger partial charge in [-0.25, -0.2) is 9.59 Å². The summed E-state index contributed by atoms with van der Waals surface area (Å²) in [6, 6.07) is 4.49. The molecule has 0 heterocycles. The van der Waals surface area contributed by atoms with Gasteiger partial charge < -0.3 is 20.6 Å². The van der Waals surface area contributed by atoms with E-state index in [1.165, 1.54) is 6.07 Å². The summed E-state index contributed by atoms with van der Waals surface area (Å²) in [6.45, 7) is 4.54. The molecule has 0 saturated carbocycles. The number of anilines is 1. The highest BCUT2D eigenvalue weighted by molar-refractivity contribution is 5.92. The number of aromatic carboxylic acids is 1. The van der Waals surface area contributed by atoms with Crippen LogP contribution in [-0.4, -0.2) is 48.7 Å². The Morgan fingerprint density at radius 2 is 2.00 bits per heavy atom. The first-order valence-electron chi connectivity index (χ1n) is 6.85. The zero-order chi connectivity index (χ0) is 16.0. The van der Waals surface area contributed by atoms with Gasteiger partial charge in [-0.3, -0.25) is 0 Å². The van der Waals surface area contributed by atoms with E-state index in [2.05, 4.69) is 15.5 Å². The summed E-state index contributed by atoms with van der Waals surface area (Å²) in [5, 5.41) is 14.5. The summed E-state index contributed by atoms with van der Waals surface area (Å²) < 4.78 is 0. The second kappa shape index (κ2) is 7.64. The quantitative estimate of drug-likeness (QED) is 0.750. The second-order valence-electron chi connectivity index (χ2n) is 5.43. The largest absolute Gasteiger partial charge is 0.478 e. The van der Waals surface area contributed by atoms with Gasteiger partial charge in [-0.15, -0.1) is 0 Å². The number of carboxylic acid groups (broad SMARTS) is 1. The van der Waals surface area contributed by atoms with E-state index >= 15 is 0 Å². The van der Waals surface area contributed by atoms with Crippen LogP contribution in [0.1, 0.15) is 29.3 Å². The fourth-order valence-corrected chi connectivity index (χ4v) is 1.90. The number of benzene rings is 1. The monoisotopic (exact) mass is 293 g/mol. The number of rotatable bonds is 6. The fraction of sp³-hybridized carbons (Fsp3) is 0.467. The number of hydrogen-bond donors (Lipinski definition) is 3. The number of carboxylic acids is 1. The van der Waals surface area contributed by atoms with Crippen LogP contribution in [0.15, 0.2) is 18.2 Å². The van der Waals surface area contributed by atoms with E-state index in [4.69, 9.17) is 5.11 Å². The molecule has 0 aliphatic carbocycles. The maximum Gasteiger partial charge on any atom is 0.335 e. The van der Waals surface area contributed by atoms with Crippen LogP contribution in [0.5, 0.6) is 0 Å².